The van der Waals surface area contributed by atoms with Crippen LogP contribution in [0.25, 0.3) is 10.9 Å². The third-order valence-electron chi connectivity index (χ3n) is 5.62. The van der Waals surface area contributed by atoms with Crippen molar-refractivity contribution >= 4 is 22.5 Å². The standard InChI is InChI=1S/C21H20N2O/c24-20(23-13-5-7-15-6-1-4-10-19(15)23)21(11-12-21)17-14-22-18-9-3-2-8-16(17)18/h1-4,6,8-10,14,22H,5,7,11-13H2. The Balaban J connectivity index is 1.58. The van der Waals surface area contributed by atoms with E-state index in [1.807, 2.05) is 23.2 Å². The lowest BCUT2D eigenvalue weighted by atomic mass is 9.92. The van der Waals surface area contributed by atoms with Gasteiger partial charge in [0.2, 0.25) is 5.91 Å². The molecule has 0 saturated heterocycles. The minimum Gasteiger partial charge on any atom is -0.361 e. The minimum atomic E-state index is -0.329. The summed E-state index contributed by atoms with van der Waals surface area (Å²) in [7, 11) is 0. The van der Waals surface area contributed by atoms with E-state index >= 15 is 0 Å². The van der Waals surface area contributed by atoms with E-state index in [1.165, 1.54) is 16.5 Å². The smallest absolute Gasteiger partial charge is 0.237 e. The highest BCUT2D eigenvalue weighted by Crippen LogP contribution is 2.52. The molecule has 1 aliphatic heterocycles. The van der Waals surface area contributed by atoms with E-state index in [0.29, 0.717) is 0 Å². The topological polar surface area (TPSA) is 36.1 Å². The van der Waals surface area contributed by atoms with Crippen LogP contribution >= 0.6 is 0 Å². The maximum atomic E-state index is 13.5. The van der Waals surface area contributed by atoms with Crippen LogP contribution in [0.2, 0.25) is 0 Å². The second-order valence-corrected chi connectivity index (χ2v) is 7.02. The van der Waals surface area contributed by atoms with Gasteiger partial charge in [-0.2, -0.15) is 0 Å². The minimum absolute atomic E-state index is 0.277. The highest BCUT2D eigenvalue weighted by molar-refractivity contribution is 6.06. The molecule has 3 heteroatoms. The zero-order chi connectivity index (χ0) is 16.1. The van der Waals surface area contributed by atoms with Crippen LogP contribution in [0.1, 0.15) is 30.4 Å². The number of carbonyl (C=O) groups is 1. The summed E-state index contributed by atoms with van der Waals surface area (Å²) in [6.07, 6.45) is 6.07. The number of carbonyl (C=O) groups excluding carboxylic acids is 1. The average molecular weight is 316 g/mol. The molecule has 0 atom stereocenters. The van der Waals surface area contributed by atoms with Crippen LogP contribution in [0.3, 0.4) is 0 Å². The first kappa shape index (κ1) is 13.8. The first-order valence-corrected chi connectivity index (χ1v) is 8.76. The van der Waals surface area contributed by atoms with Crippen molar-refractivity contribution in [3.05, 3.63) is 65.9 Å². The second kappa shape index (κ2) is 4.97. The molecule has 1 aromatic heterocycles. The fourth-order valence-corrected chi connectivity index (χ4v) is 4.19. The molecular formula is C21H20N2O. The van der Waals surface area contributed by atoms with Crippen molar-refractivity contribution in [2.45, 2.75) is 31.1 Å². The zero-order valence-electron chi connectivity index (χ0n) is 13.6. The number of rotatable bonds is 2. The molecule has 120 valence electrons. The molecule has 0 unspecified atom stereocenters. The van der Waals surface area contributed by atoms with Crippen molar-refractivity contribution in [1.82, 2.24) is 4.98 Å². The molecule has 1 amide bonds. The first-order chi connectivity index (χ1) is 11.8. The van der Waals surface area contributed by atoms with Crippen LogP contribution in [0, 0.1) is 0 Å². The Morgan fingerprint density at radius 2 is 1.83 bits per heavy atom. The summed E-state index contributed by atoms with van der Waals surface area (Å²) in [4.78, 5) is 18.9. The van der Waals surface area contributed by atoms with E-state index in [0.717, 1.165) is 43.4 Å². The average Bonchev–Trinajstić information content (AvgIpc) is 3.33. The lowest BCUT2D eigenvalue weighted by Gasteiger charge is -2.32. The normalized spacial score (nSPS) is 18.4. The summed E-state index contributed by atoms with van der Waals surface area (Å²) >= 11 is 0. The van der Waals surface area contributed by atoms with Crippen LogP contribution in [0.15, 0.2) is 54.7 Å². The Labute approximate surface area is 141 Å². The number of fused-ring (bicyclic) bond motifs is 2. The summed E-state index contributed by atoms with van der Waals surface area (Å²) < 4.78 is 0. The number of hydrogen-bond donors (Lipinski definition) is 1. The Hall–Kier alpha value is -2.55. The van der Waals surface area contributed by atoms with Gasteiger partial charge in [0, 0.05) is 29.3 Å². The Morgan fingerprint density at radius 3 is 2.71 bits per heavy atom. The maximum Gasteiger partial charge on any atom is 0.237 e. The Morgan fingerprint density at radius 1 is 1.04 bits per heavy atom. The number of benzene rings is 2. The number of aryl methyl sites for hydroxylation is 1. The third-order valence-corrected chi connectivity index (χ3v) is 5.62. The van der Waals surface area contributed by atoms with Gasteiger partial charge in [-0.15, -0.1) is 0 Å². The van der Waals surface area contributed by atoms with Gasteiger partial charge in [-0.1, -0.05) is 36.4 Å². The zero-order valence-corrected chi connectivity index (χ0v) is 13.6. The summed E-state index contributed by atoms with van der Waals surface area (Å²) in [5.41, 5.74) is 4.37. The van der Waals surface area contributed by atoms with Gasteiger partial charge in [-0.05, 0) is 48.9 Å². The predicted molar refractivity (Wildman–Crippen MR) is 96.3 cm³/mol. The molecule has 1 aliphatic carbocycles. The molecular weight excluding hydrogens is 296 g/mol. The first-order valence-electron chi connectivity index (χ1n) is 8.76. The van der Waals surface area contributed by atoms with Crippen LogP contribution < -0.4 is 4.90 Å². The van der Waals surface area contributed by atoms with Crippen molar-refractivity contribution in [1.29, 1.82) is 0 Å². The number of nitrogens with zero attached hydrogens (tertiary/aromatic N) is 1. The predicted octanol–water partition coefficient (Wildman–Crippen LogP) is 4.18. The maximum absolute atomic E-state index is 13.5. The van der Waals surface area contributed by atoms with Crippen LogP contribution in [0.4, 0.5) is 5.69 Å². The van der Waals surface area contributed by atoms with E-state index < -0.39 is 0 Å². The van der Waals surface area contributed by atoms with Gasteiger partial charge in [0.15, 0.2) is 0 Å². The van der Waals surface area contributed by atoms with E-state index in [2.05, 4.69) is 41.4 Å². The molecule has 3 nitrogen and oxygen atoms in total. The van der Waals surface area contributed by atoms with Crippen molar-refractivity contribution in [3.8, 4) is 0 Å². The molecule has 2 aromatic carbocycles. The third kappa shape index (κ3) is 1.87. The largest absolute Gasteiger partial charge is 0.361 e. The fourth-order valence-electron chi connectivity index (χ4n) is 4.19. The SMILES string of the molecule is O=C(N1CCCc2ccccc21)C1(c2c[nH]c3ccccc23)CC1. The van der Waals surface area contributed by atoms with E-state index in [-0.39, 0.29) is 11.3 Å². The van der Waals surface area contributed by atoms with Crippen molar-refractivity contribution in [3.63, 3.8) is 0 Å². The lowest BCUT2D eigenvalue weighted by molar-refractivity contribution is -0.121. The van der Waals surface area contributed by atoms with E-state index in [9.17, 15) is 4.79 Å². The van der Waals surface area contributed by atoms with Gasteiger partial charge in [-0.3, -0.25) is 4.79 Å². The molecule has 0 radical (unpaired) electrons. The molecule has 24 heavy (non-hydrogen) atoms. The molecule has 3 aromatic rings. The Kier molecular flexibility index (Phi) is 2.87. The lowest BCUT2D eigenvalue weighted by Crippen LogP contribution is -2.42. The van der Waals surface area contributed by atoms with Crippen molar-refractivity contribution in [2.24, 2.45) is 0 Å². The molecule has 1 saturated carbocycles. The number of para-hydroxylation sites is 2. The molecule has 0 bridgehead atoms. The number of aromatic nitrogens is 1. The molecule has 0 spiro atoms. The highest BCUT2D eigenvalue weighted by atomic mass is 16.2. The van der Waals surface area contributed by atoms with E-state index in [1.54, 1.807) is 0 Å². The second-order valence-electron chi connectivity index (χ2n) is 7.02. The molecule has 1 N–H and O–H groups in total. The summed E-state index contributed by atoms with van der Waals surface area (Å²) in [5, 5.41) is 1.19. The van der Waals surface area contributed by atoms with Gasteiger partial charge in [0.05, 0.1) is 5.41 Å². The summed E-state index contributed by atoms with van der Waals surface area (Å²) in [6, 6.07) is 16.6. The number of amides is 1. The van der Waals surface area contributed by atoms with Gasteiger partial charge < -0.3 is 9.88 Å². The molecule has 2 heterocycles. The quantitative estimate of drug-likeness (QED) is 0.756. The van der Waals surface area contributed by atoms with Gasteiger partial charge in [0.25, 0.3) is 0 Å². The number of aromatic amines is 1. The van der Waals surface area contributed by atoms with Crippen LogP contribution in [-0.2, 0) is 16.6 Å². The van der Waals surface area contributed by atoms with Crippen molar-refractivity contribution < 1.29 is 4.79 Å². The highest BCUT2D eigenvalue weighted by Gasteiger charge is 2.54. The summed E-state index contributed by atoms with van der Waals surface area (Å²) in [6.45, 7) is 0.833. The van der Waals surface area contributed by atoms with Crippen molar-refractivity contribution in [2.75, 3.05) is 11.4 Å². The molecule has 1 fully saturated rings. The van der Waals surface area contributed by atoms with E-state index in [4.69, 9.17) is 0 Å². The number of nitrogens with one attached hydrogen (secondary N) is 1. The fraction of sp³-hybridized carbons (Fsp3) is 0.286. The number of hydrogen-bond acceptors (Lipinski definition) is 1. The summed E-state index contributed by atoms with van der Waals surface area (Å²) in [5.74, 6) is 0.277. The van der Waals surface area contributed by atoms with Crippen LogP contribution in [-0.4, -0.2) is 17.4 Å². The number of H-pyrrole nitrogens is 1. The molecule has 5 rings (SSSR count). The Bertz CT molecular complexity index is 936. The van der Waals surface area contributed by atoms with Gasteiger partial charge >= 0.3 is 0 Å². The van der Waals surface area contributed by atoms with Crippen LogP contribution in [0.5, 0.6) is 0 Å². The molecule has 2 aliphatic rings. The monoisotopic (exact) mass is 316 g/mol. The van der Waals surface area contributed by atoms with Gasteiger partial charge in [-0.25, -0.2) is 0 Å². The number of anilines is 1. The van der Waals surface area contributed by atoms with Gasteiger partial charge in [0.1, 0.15) is 0 Å².